The van der Waals surface area contributed by atoms with E-state index in [1.165, 1.54) is 30.6 Å². The summed E-state index contributed by atoms with van der Waals surface area (Å²) in [7, 11) is 1.66. The molecule has 0 aliphatic heterocycles. The number of amides is 1. The molecule has 110 valence electrons. The normalized spacial score (nSPS) is 21.9. The van der Waals surface area contributed by atoms with E-state index in [2.05, 4.69) is 29.3 Å². The van der Waals surface area contributed by atoms with Crippen molar-refractivity contribution in [1.82, 2.24) is 10.6 Å². The van der Waals surface area contributed by atoms with Gasteiger partial charge in [0.1, 0.15) is 0 Å². The predicted molar refractivity (Wildman–Crippen MR) is 86.2 cm³/mol. The summed E-state index contributed by atoms with van der Waals surface area (Å²) in [5.41, 5.74) is 1.96. The van der Waals surface area contributed by atoms with Crippen LogP contribution in [0.2, 0.25) is 0 Å². The molecule has 0 bridgehead atoms. The van der Waals surface area contributed by atoms with Crippen molar-refractivity contribution in [2.24, 2.45) is 0 Å². The molecule has 0 saturated heterocycles. The van der Waals surface area contributed by atoms with Crippen molar-refractivity contribution >= 4 is 17.7 Å². The number of nitrogens with one attached hydrogen (secondary N) is 2. The Morgan fingerprint density at radius 3 is 2.70 bits per heavy atom. The first-order chi connectivity index (χ1) is 9.72. The van der Waals surface area contributed by atoms with Gasteiger partial charge in [0.2, 0.25) is 0 Å². The fourth-order valence-corrected chi connectivity index (χ4v) is 3.84. The minimum Gasteiger partial charge on any atom is -0.355 e. The van der Waals surface area contributed by atoms with Gasteiger partial charge in [0.05, 0.1) is 0 Å². The van der Waals surface area contributed by atoms with E-state index in [1.807, 2.05) is 24.3 Å². The van der Waals surface area contributed by atoms with Gasteiger partial charge >= 0.3 is 0 Å². The maximum Gasteiger partial charge on any atom is 0.251 e. The highest BCUT2D eigenvalue weighted by Crippen LogP contribution is 2.29. The van der Waals surface area contributed by atoms with Gasteiger partial charge in [0.15, 0.2) is 0 Å². The number of thioether (sulfide) groups is 1. The fourth-order valence-electron chi connectivity index (χ4n) is 2.69. The molecule has 2 atom stereocenters. The fraction of sp³-hybridized carbons (Fsp3) is 0.562. The lowest BCUT2D eigenvalue weighted by molar-refractivity contribution is 0.0963. The van der Waals surface area contributed by atoms with Crippen molar-refractivity contribution < 1.29 is 4.79 Å². The number of rotatable bonds is 6. The zero-order valence-electron chi connectivity index (χ0n) is 12.3. The van der Waals surface area contributed by atoms with E-state index < -0.39 is 0 Å². The Kier molecular flexibility index (Phi) is 5.92. The van der Waals surface area contributed by atoms with Gasteiger partial charge in [0.25, 0.3) is 5.91 Å². The highest BCUT2D eigenvalue weighted by atomic mass is 32.2. The van der Waals surface area contributed by atoms with Crippen LogP contribution in [0.5, 0.6) is 0 Å². The molecule has 1 aromatic rings. The molecule has 0 heterocycles. The van der Waals surface area contributed by atoms with E-state index in [9.17, 15) is 4.79 Å². The first-order valence-corrected chi connectivity index (χ1v) is 8.43. The van der Waals surface area contributed by atoms with Crippen LogP contribution in [-0.4, -0.2) is 30.0 Å². The van der Waals surface area contributed by atoms with Crippen LogP contribution in [-0.2, 0) is 6.54 Å². The summed E-state index contributed by atoms with van der Waals surface area (Å²) in [6.45, 7) is 3.13. The van der Waals surface area contributed by atoms with Gasteiger partial charge in [-0.15, -0.1) is 0 Å². The second-order valence-corrected chi connectivity index (χ2v) is 6.82. The molecule has 1 amide bonds. The smallest absolute Gasteiger partial charge is 0.251 e. The molecule has 4 heteroatoms. The number of carbonyl (C=O) groups excluding carboxylic acids is 1. The summed E-state index contributed by atoms with van der Waals surface area (Å²) in [5, 5.41) is 7.11. The van der Waals surface area contributed by atoms with Crippen molar-refractivity contribution in [2.75, 3.05) is 12.8 Å². The predicted octanol–water partition coefficient (Wildman–Crippen LogP) is 2.81. The second-order valence-electron chi connectivity index (χ2n) is 5.24. The van der Waals surface area contributed by atoms with Crippen LogP contribution in [0, 0.1) is 0 Å². The molecular formula is C16H24N2OS. The minimum atomic E-state index is -0.0280. The number of hydrogen-bond donors (Lipinski definition) is 2. The van der Waals surface area contributed by atoms with Crippen LogP contribution < -0.4 is 10.6 Å². The Balaban J connectivity index is 1.78. The Morgan fingerprint density at radius 2 is 2.05 bits per heavy atom. The lowest BCUT2D eigenvalue weighted by Gasteiger charge is -2.13. The van der Waals surface area contributed by atoms with E-state index in [-0.39, 0.29) is 5.91 Å². The highest BCUT2D eigenvalue weighted by Gasteiger charge is 2.23. The number of benzene rings is 1. The van der Waals surface area contributed by atoms with Crippen LogP contribution >= 0.6 is 11.8 Å². The van der Waals surface area contributed by atoms with Crippen molar-refractivity contribution in [2.45, 2.75) is 44.0 Å². The van der Waals surface area contributed by atoms with Crippen LogP contribution in [0.15, 0.2) is 24.3 Å². The van der Waals surface area contributed by atoms with Gasteiger partial charge in [-0.3, -0.25) is 4.79 Å². The van der Waals surface area contributed by atoms with Gasteiger partial charge in [-0.1, -0.05) is 19.1 Å². The maximum atomic E-state index is 11.5. The van der Waals surface area contributed by atoms with Gasteiger partial charge in [0, 0.05) is 30.4 Å². The second kappa shape index (κ2) is 7.70. The number of carbonyl (C=O) groups is 1. The summed E-state index contributed by atoms with van der Waals surface area (Å²) in [6, 6.07) is 8.49. The van der Waals surface area contributed by atoms with Crippen molar-refractivity contribution in [3.8, 4) is 0 Å². The molecule has 1 aromatic carbocycles. The summed E-state index contributed by atoms with van der Waals surface area (Å²) >= 11 is 2.09. The van der Waals surface area contributed by atoms with Gasteiger partial charge in [-0.05, 0) is 42.7 Å². The Hall–Kier alpha value is -1.00. The summed E-state index contributed by atoms with van der Waals surface area (Å²) in [6.07, 6.45) is 3.91. The lowest BCUT2D eigenvalue weighted by atomic mass is 10.1. The molecule has 20 heavy (non-hydrogen) atoms. The molecule has 3 nitrogen and oxygen atoms in total. The summed E-state index contributed by atoms with van der Waals surface area (Å²) in [4.78, 5) is 11.5. The van der Waals surface area contributed by atoms with Crippen LogP contribution in [0.3, 0.4) is 0 Å². The first kappa shape index (κ1) is 15.4. The van der Waals surface area contributed by atoms with E-state index in [4.69, 9.17) is 0 Å². The lowest BCUT2D eigenvalue weighted by Crippen LogP contribution is -2.26. The monoisotopic (exact) mass is 292 g/mol. The quantitative estimate of drug-likeness (QED) is 0.847. The van der Waals surface area contributed by atoms with Crippen molar-refractivity contribution in [1.29, 1.82) is 0 Å². The van der Waals surface area contributed by atoms with E-state index in [1.54, 1.807) is 7.05 Å². The SMILES string of the molecule is CCSC1CCC(NCc2ccc(C(=O)NC)cc2)C1. The summed E-state index contributed by atoms with van der Waals surface area (Å²) < 4.78 is 0. The summed E-state index contributed by atoms with van der Waals surface area (Å²) in [5.74, 6) is 1.19. The largest absolute Gasteiger partial charge is 0.355 e. The third kappa shape index (κ3) is 4.25. The van der Waals surface area contributed by atoms with Gasteiger partial charge < -0.3 is 10.6 Å². The van der Waals surface area contributed by atoms with Gasteiger partial charge in [-0.2, -0.15) is 11.8 Å². The van der Waals surface area contributed by atoms with Gasteiger partial charge in [-0.25, -0.2) is 0 Å². The third-order valence-corrected chi connectivity index (χ3v) is 5.06. The average molecular weight is 292 g/mol. The Labute approximate surface area is 125 Å². The van der Waals surface area contributed by atoms with E-state index in [0.29, 0.717) is 6.04 Å². The van der Waals surface area contributed by atoms with Crippen molar-refractivity contribution in [3.63, 3.8) is 0 Å². The van der Waals surface area contributed by atoms with Crippen molar-refractivity contribution in [3.05, 3.63) is 35.4 Å². The van der Waals surface area contributed by atoms with E-state index >= 15 is 0 Å². The molecule has 0 aromatic heterocycles. The third-order valence-electron chi connectivity index (χ3n) is 3.82. The molecule has 1 saturated carbocycles. The average Bonchev–Trinajstić information content (AvgIpc) is 2.93. The van der Waals surface area contributed by atoms with Crippen LogP contribution in [0.25, 0.3) is 0 Å². The molecule has 1 aliphatic carbocycles. The molecular weight excluding hydrogens is 268 g/mol. The Bertz CT molecular complexity index is 433. The molecule has 0 spiro atoms. The zero-order chi connectivity index (χ0) is 14.4. The molecule has 1 aliphatic rings. The maximum absolute atomic E-state index is 11.5. The van der Waals surface area contributed by atoms with E-state index in [0.717, 1.165) is 17.4 Å². The molecule has 1 fully saturated rings. The Morgan fingerprint density at radius 1 is 1.30 bits per heavy atom. The topological polar surface area (TPSA) is 41.1 Å². The minimum absolute atomic E-state index is 0.0280. The number of hydrogen-bond acceptors (Lipinski definition) is 3. The highest BCUT2D eigenvalue weighted by molar-refractivity contribution is 7.99. The zero-order valence-corrected chi connectivity index (χ0v) is 13.1. The molecule has 0 radical (unpaired) electrons. The standard InChI is InChI=1S/C16H24N2OS/c1-3-20-15-9-8-14(10-15)18-11-12-4-6-13(7-5-12)16(19)17-2/h4-7,14-15,18H,3,8-11H2,1-2H3,(H,17,19). The molecule has 2 unspecified atom stereocenters. The van der Waals surface area contributed by atoms with Crippen LogP contribution in [0.4, 0.5) is 0 Å². The molecule has 2 N–H and O–H groups in total. The molecule has 2 rings (SSSR count). The van der Waals surface area contributed by atoms with Crippen LogP contribution in [0.1, 0.15) is 42.1 Å². The first-order valence-electron chi connectivity index (χ1n) is 7.39.